The van der Waals surface area contributed by atoms with E-state index in [1.807, 2.05) is 13.8 Å². The van der Waals surface area contributed by atoms with Crippen molar-refractivity contribution in [3.63, 3.8) is 0 Å². The van der Waals surface area contributed by atoms with Crippen molar-refractivity contribution < 1.29 is 14.1 Å². The summed E-state index contributed by atoms with van der Waals surface area (Å²) in [4.78, 5) is 19.0. The molecule has 0 unspecified atom stereocenters. The lowest BCUT2D eigenvalue weighted by molar-refractivity contribution is -0.385. The van der Waals surface area contributed by atoms with Gasteiger partial charge in [0.1, 0.15) is 11.6 Å². The van der Waals surface area contributed by atoms with Crippen molar-refractivity contribution in [2.45, 2.75) is 26.3 Å². The Kier molecular flexibility index (Phi) is 4.36. The van der Waals surface area contributed by atoms with Gasteiger partial charge in [0, 0.05) is 5.92 Å². The van der Waals surface area contributed by atoms with E-state index in [2.05, 4.69) is 15.3 Å². The molecule has 0 bridgehead atoms. The average Bonchev–Trinajstić information content (AvgIpc) is 2.96. The zero-order valence-electron chi connectivity index (χ0n) is 12.0. The van der Waals surface area contributed by atoms with E-state index in [9.17, 15) is 10.1 Å². The van der Waals surface area contributed by atoms with E-state index in [0.717, 1.165) is 0 Å². The van der Waals surface area contributed by atoms with Gasteiger partial charge in [0.05, 0.1) is 24.8 Å². The molecule has 0 atom stereocenters. The summed E-state index contributed by atoms with van der Waals surface area (Å²) in [5, 5.41) is 14.1. The second-order valence-corrected chi connectivity index (χ2v) is 4.63. The van der Waals surface area contributed by atoms with E-state index in [4.69, 9.17) is 9.15 Å². The van der Waals surface area contributed by atoms with Gasteiger partial charge >= 0.3 is 5.69 Å². The predicted molar refractivity (Wildman–Crippen MR) is 75.4 cm³/mol. The quantitative estimate of drug-likeness (QED) is 0.644. The minimum Gasteiger partial charge on any atom is -0.476 e. The first-order chi connectivity index (χ1) is 10.0. The van der Waals surface area contributed by atoms with E-state index >= 15 is 0 Å². The molecule has 0 amide bonds. The Hall–Kier alpha value is -2.64. The molecule has 0 fully saturated rings. The van der Waals surface area contributed by atoms with Crippen LogP contribution in [0.3, 0.4) is 0 Å². The first-order valence-electron chi connectivity index (χ1n) is 6.39. The lowest BCUT2D eigenvalue weighted by Crippen LogP contribution is -2.10. The molecule has 21 heavy (non-hydrogen) atoms. The maximum Gasteiger partial charge on any atom is 0.372 e. The van der Waals surface area contributed by atoms with E-state index in [1.54, 1.807) is 12.1 Å². The van der Waals surface area contributed by atoms with E-state index in [0.29, 0.717) is 11.6 Å². The minimum atomic E-state index is -0.562. The molecule has 8 heteroatoms. The molecule has 2 rings (SSSR count). The molecule has 0 radical (unpaired) electrons. The monoisotopic (exact) mass is 292 g/mol. The lowest BCUT2D eigenvalue weighted by atomic mass is 10.2. The van der Waals surface area contributed by atoms with Gasteiger partial charge in [-0.1, -0.05) is 13.8 Å². The Balaban J connectivity index is 2.39. The van der Waals surface area contributed by atoms with Crippen molar-refractivity contribution in [2.75, 3.05) is 12.4 Å². The summed E-state index contributed by atoms with van der Waals surface area (Å²) in [5.74, 6) is 1.20. The summed E-state index contributed by atoms with van der Waals surface area (Å²) in [6.45, 7) is 4.08. The molecular weight excluding hydrogens is 276 g/mol. The van der Waals surface area contributed by atoms with Crippen LogP contribution in [0.25, 0.3) is 0 Å². The summed E-state index contributed by atoms with van der Waals surface area (Å²) < 4.78 is 10.2. The number of hydrogen-bond acceptors (Lipinski definition) is 7. The summed E-state index contributed by atoms with van der Waals surface area (Å²) in [6, 6.07) is 3.51. The molecule has 112 valence electrons. The number of nitro groups is 1. The van der Waals surface area contributed by atoms with Crippen molar-refractivity contribution in [1.29, 1.82) is 0 Å². The molecule has 0 spiro atoms. The normalized spacial score (nSPS) is 10.7. The van der Waals surface area contributed by atoms with Gasteiger partial charge in [0.2, 0.25) is 5.82 Å². The van der Waals surface area contributed by atoms with Gasteiger partial charge in [0.15, 0.2) is 0 Å². The zero-order chi connectivity index (χ0) is 15.4. The molecule has 0 aromatic carbocycles. The van der Waals surface area contributed by atoms with Gasteiger partial charge < -0.3 is 14.5 Å². The molecule has 0 saturated carbocycles. The molecule has 8 nitrogen and oxygen atoms in total. The molecule has 2 heterocycles. The highest BCUT2D eigenvalue weighted by atomic mass is 16.6. The summed E-state index contributed by atoms with van der Waals surface area (Å²) in [7, 11) is 1.34. The molecule has 1 N–H and O–H groups in total. The van der Waals surface area contributed by atoms with Crippen LogP contribution in [-0.4, -0.2) is 22.0 Å². The van der Waals surface area contributed by atoms with Crippen molar-refractivity contribution in [3.8, 4) is 5.88 Å². The number of nitrogens with zero attached hydrogens (tertiary/aromatic N) is 3. The number of anilines is 1. The average molecular weight is 292 g/mol. The third kappa shape index (κ3) is 3.28. The minimum absolute atomic E-state index is 0.0175. The van der Waals surface area contributed by atoms with Crippen LogP contribution in [0.1, 0.15) is 31.4 Å². The van der Waals surface area contributed by atoms with E-state index in [1.165, 1.54) is 13.4 Å². The Morgan fingerprint density at radius 3 is 2.76 bits per heavy atom. The summed E-state index contributed by atoms with van der Waals surface area (Å²) in [5.41, 5.74) is -0.284. The van der Waals surface area contributed by atoms with Gasteiger partial charge in [0.25, 0.3) is 5.88 Å². The lowest BCUT2D eigenvalue weighted by Gasteiger charge is -2.11. The van der Waals surface area contributed by atoms with Gasteiger partial charge in [-0.05, 0) is 12.1 Å². The van der Waals surface area contributed by atoms with Crippen LogP contribution in [0.5, 0.6) is 5.88 Å². The van der Waals surface area contributed by atoms with Crippen LogP contribution in [-0.2, 0) is 6.54 Å². The predicted octanol–water partition coefficient (Wildman–Crippen LogP) is 2.72. The Labute approximate surface area is 121 Å². The van der Waals surface area contributed by atoms with Crippen LogP contribution in [0.4, 0.5) is 11.5 Å². The maximum absolute atomic E-state index is 11.2. The van der Waals surface area contributed by atoms with Crippen LogP contribution in [0.15, 0.2) is 22.8 Å². The number of furan rings is 1. The van der Waals surface area contributed by atoms with Crippen molar-refractivity contribution in [3.05, 3.63) is 40.1 Å². The molecular formula is C13H16N4O4. The Morgan fingerprint density at radius 1 is 1.48 bits per heavy atom. The number of hydrogen-bond donors (Lipinski definition) is 1. The first-order valence-corrected chi connectivity index (χ1v) is 6.39. The third-order valence-electron chi connectivity index (χ3n) is 2.77. The van der Waals surface area contributed by atoms with Crippen LogP contribution in [0.2, 0.25) is 0 Å². The molecule has 0 aliphatic rings. The topological polar surface area (TPSA) is 103 Å². The standard InChI is InChI=1S/C13H16N4O4/c1-8(2)11-15-12(14-7-9-5-4-6-21-9)10(17(18)19)13(16-11)20-3/h4-6,8H,7H2,1-3H3,(H,14,15,16). The number of methoxy groups -OCH3 is 1. The fraction of sp³-hybridized carbons (Fsp3) is 0.385. The Morgan fingerprint density at radius 2 is 2.24 bits per heavy atom. The van der Waals surface area contributed by atoms with Crippen molar-refractivity contribution in [2.24, 2.45) is 0 Å². The highest BCUT2D eigenvalue weighted by molar-refractivity contribution is 5.61. The number of rotatable bonds is 6. The van der Waals surface area contributed by atoms with Crippen molar-refractivity contribution >= 4 is 11.5 Å². The summed E-state index contributed by atoms with van der Waals surface area (Å²) in [6.07, 6.45) is 1.53. The fourth-order valence-corrected chi connectivity index (χ4v) is 1.72. The molecule has 0 aliphatic heterocycles. The van der Waals surface area contributed by atoms with Crippen LogP contribution < -0.4 is 10.1 Å². The van der Waals surface area contributed by atoms with E-state index in [-0.39, 0.29) is 29.8 Å². The van der Waals surface area contributed by atoms with Gasteiger partial charge in [-0.3, -0.25) is 10.1 Å². The second kappa shape index (κ2) is 6.21. The van der Waals surface area contributed by atoms with Gasteiger partial charge in [-0.15, -0.1) is 0 Å². The third-order valence-corrected chi connectivity index (χ3v) is 2.77. The van der Waals surface area contributed by atoms with Gasteiger partial charge in [-0.25, -0.2) is 4.98 Å². The maximum atomic E-state index is 11.2. The SMILES string of the molecule is COc1nc(C(C)C)nc(NCc2ccco2)c1[N+](=O)[O-]. The van der Waals surface area contributed by atoms with Gasteiger partial charge in [-0.2, -0.15) is 4.98 Å². The Bertz CT molecular complexity index is 625. The number of nitrogens with one attached hydrogen (secondary N) is 1. The number of aromatic nitrogens is 2. The smallest absolute Gasteiger partial charge is 0.372 e. The number of ether oxygens (including phenoxy) is 1. The molecule has 0 saturated heterocycles. The largest absolute Gasteiger partial charge is 0.476 e. The van der Waals surface area contributed by atoms with Crippen LogP contribution >= 0.6 is 0 Å². The zero-order valence-corrected chi connectivity index (χ0v) is 12.0. The fourth-order valence-electron chi connectivity index (χ4n) is 1.72. The van der Waals surface area contributed by atoms with Crippen LogP contribution in [0, 0.1) is 10.1 Å². The second-order valence-electron chi connectivity index (χ2n) is 4.63. The molecule has 2 aromatic rings. The van der Waals surface area contributed by atoms with Crippen molar-refractivity contribution in [1.82, 2.24) is 9.97 Å². The molecule has 2 aromatic heterocycles. The summed E-state index contributed by atoms with van der Waals surface area (Å²) >= 11 is 0. The van der Waals surface area contributed by atoms with E-state index < -0.39 is 4.92 Å². The first kappa shape index (κ1) is 14.8. The highest BCUT2D eigenvalue weighted by Gasteiger charge is 2.26. The highest BCUT2D eigenvalue weighted by Crippen LogP contribution is 2.33. The molecule has 0 aliphatic carbocycles.